The van der Waals surface area contributed by atoms with Gasteiger partial charge in [0.25, 0.3) is 5.91 Å². The molecule has 1 saturated carbocycles. The largest absolute Gasteiger partial charge is 0.389 e. The number of pyridine rings is 1. The number of hydrogen-bond acceptors (Lipinski definition) is 8. The number of tetrazole rings is 1. The lowest BCUT2D eigenvalue weighted by atomic mass is 10.1. The number of anilines is 1. The summed E-state index contributed by atoms with van der Waals surface area (Å²) in [5.41, 5.74) is 5.72. The van der Waals surface area contributed by atoms with Crippen LogP contribution in [0.15, 0.2) is 42.9 Å². The van der Waals surface area contributed by atoms with Gasteiger partial charge in [0, 0.05) is 30.1 Å². The van der Waals surface area contributed by atoms with Gasteiger partial charge in [0.2, 0.25) is 5.82 Å². The minimum absolute atomic E-state index is 0.221. The Kier molecular flexibility index (Phi) is 6.82. The Labute approximate surface area is 234 Å². The summed E-state index contributed by atoms with van der Waals surface area (Å²) in [4.78, 5) is 15.1. The molecule has 1 aliphatic rings. The Morgan fingerprint density at radius 2 is 2.02 bits per heavy atom. The second kappa shape index (κ2) is 10.5. The summed E-state index contributed by atoms with van der Waals surface area (Å²) >= 11 is 6.53. The van der Waals surface area contributed by atoms with Crippen LogP contribution in [0.2, 0.25) is 5.02 Å². The standard InChI is InChI=1S/C27H28ClN9O3/c1-15-8-23(28)24(10-20(15)26-32-34-37(33-26)18-4-5-18)31-27(39)22-12-29-35-7-6-17(9-25(22)35)21-11-30-36(16(21)2)13-19(38)14-40-3/h6-12,18-19,38H,4-5,13-14H2,1-3H3,(H,31,39)/t19-/m0/s1. The van der Waals surface area contributed by atoms with E-state index in [9.17, 15) is 9.90 Å². The third kappa shape index (κ3) is 4.96. The molecule has 4 aromatic heterocycles. The molecular formula is C27H28ClN9O3. The van der Waals surface area contributed by atoms with E-state index >= 15 is 0 Å². The molecule has 0 saturated heterocycles. The van der Waals surface area contributed by atoms with Gasteiger partial charge in [0.15, 0.2) is 0 Å². The van der Waals surface area contributed by atoms with Crippen LogP contribution in [0.3, 0.4) is 0 Å². The lowest BCUT2D eigenvalue weighted by Gasteiger charge is -2.11. The molecule has 0 radical (unpaired) electrons. The Hall–Kier alpha value is -4.13. The maximum Gasteiger partial charge on any atom is 0.259 e. The zero-order valence-corrected chi connectivity index (χ0v) is 23.0. The number of carbonyl (C=O) groups is 1. The number of hydrogen-bond donors (Lipinski definition) is 2. The van der Waals surface area contributed by atoms with Crippen molar-refractivity contribution in [3.63, 3.8) is 0 Å². The summed E-state index contributed by atoms with van der Waals surface area (Å²) in [6, 6.07) is 7.67. The minimum Gasteiger partial charge on any atom is -0.389 e. The van der Waals surface area contributed by atoms with Crippen LogP contribution in [0.1, 0.15) is 40.5 Å². The van der Waals surface area contributed by atoms with Crippen LogP contribution in [0.4, 0.5) is 5.69 Å². The van der Waals surface area contributed by atoms with Crippen molar-refractivity contribution in [2.45, 2.75) is 45.4 Å². The highest BCUT2D eigenvalue weighted by atomic mass is 35.5. The van der Waals surface area contributed by atoms with Gasteiger partial charge in [-0.2, -0.15) is 15.0 Å². The summed E-state index contributed by atoms with van der Waals surface area (Å²) in [6.45, 7) is 4.39. The number of nitrogens with zero attached hydrogens (tertiary/aromatic N) is 8. The predicted molar refractivity (Wildman–Crippen MR) is 148 cm³/mol. The van der Waals surface area contributed by atoms with Crippen molar-refractivity contribution in [3.8, 4) is 22.5 Å². The van der Waals surface area contributed by atoms with E-state index in [1.54, 1.807) is 45.6 Å². The van der Waals surface area contributed by atoms with Crippen molar-refractivity contribution in [3.05, 3.63) is 64.7 Å². The molecule has 2 N–H and O–H groups in total. The quantitative estimate of drug-likeness (QED) is 0.278. The fourth-order valence-electron chi connectivity index (χ4n) is 4.67. The van der Waals surface area contributed by atoms with Gasteiger partial charge in [-0.25, -0.2) is 4.52 Å². The first kappa shape index (κ1) is 26.1. The number of ether oxygens (including phenoxy) is 1. The third-order valence-corrected chi connectivity index (χ3v) is 7.34. The molecule has 0 unspecified atom stereocenters. The van der Waals surface area contributed by atoms with Crippen molar-refractivity contribution in [2.24, 2.45) is 0 Å². The van der Waals surface area contributed by atoms with E-state index in [4.69, 9.17) is 16.3 Å². The van der Waals surface area contributed by atoms with Crippen LogP contribution in [0, 0.1) is 13.8 Å². The first-order valence-electron chi connectivity index (χ1n) is 12.9. The average molecular weight is 562 g/mol. The number of benzene rings is 1. The third-order valence-electron chi connectivity index (χ3n) is 7.03. The summed E-state index contributed by atoms with van der Waals surface area (Å²) < 4.78 is 8.40. The van der Waals surface area contributed by atoms with Crippen molar-refractivity contribution in [1.82, 2.24) is 39.6 Å². The molecule has 13 heteroatoms. The molecule has 206 valence electrons. The number of rotatable bonds is 9. The number of halogens is 1. The summed E-state index contributed by atoms with van der Waals surface area (Å²) in [7, 11) is 1.55. The van der Waals surface area contributed by atoms with E-state index in [1.165, 1.54) is 6.20 Å². The number of fused-ring (bicyclic) bond motifs is 1. The summed E-state index contributed by atoms with van der Waals surface area (Å²) in [5, 5.41) is 35.1. The van der Waals surface area contributed by atoms with Gasteiger partial charge < -0.3 is 15.2 Å². The van der Waals surface area contributed by atoms with E-state index in [1.807, 2.05) is 26.0 Å². The number of aliphatic hydroxyl groups is 1. The molecule has 1 atom stereocenters. The molecule has 40 heavy (non-hydrogen) atoms. The second-order valence-electron chi connectivity index (χ2n) is 10.0. The highest BCUT2D eigenvalue weighted by molar-refractivity contribution is 6.34. The van der Waals surface area contributed by atoms with E-state index in [-0.39, 0.29) is 12.5 Å². The van der Waals surface area contributed by atoms with Crippen LogP contribution >= 0.6 is 11.6 Å². The van der Waals surface area contributed by atoms with Crippen LogP contribution in [-0.4, -0.2) is 70.4 Å². The molecule has 1 aliphatic carbocycles. The zero-order valence-electron chi connectivity index (χ0n) is 22.2. The van der Waals surface area contributed by atoms with Crippen LogP contribution < -0.4 is 5.32 Å². The Balaban J connectivity index is 1.27. The van der Waals surface area contributed by atoms with E-state index in [0.29, 0.717) is 40.2 Å². The Bertz CT molecular complexity index is 1720. The van der Waals surface area contributed by atoms with E-state index in [0.717, 1.165) is 40.8 Å². The van der Waals surface area contributed by atoms with Crippen LogP contribution in [0.5, 0.6) is 0 Å². The molecule has 4 heterocycles. The van der Waals surface area contributed by atoms with Crippen LogP contribution in [-0.2, 0) is 11.3 Å². The molecule has 1 fully saturated rings. The van der Waals surface area contributed by atoms with E-state index in [2.05, 4.69) is 30.9 Å². The van der Waals surface area contributed by atoms with Gasteiger partial charge in [-0.05, 0) is 67.3 Å². The SMILES string of the molecule is COC[C@@H](O)Cn1ncc(-c2ccn3ncc(C(=O)Nc4cc(-c5nnn(C6CC6)n5)c(C)cc4Cl)c3c2)c1C. The number of aryl methyl sites for hydroxylation is 1. The first-order valence-corrected chi connectivity index (χ1v) is 13.3. The van der Waals surface area contributed by atoms with Crippen molar-refractivity contribution in [2.75, 3.05) is 19.0 Å². The van der Waals surface area contributed by atoms with Crippen molar-refractivity contribution < 1.29 is 14.6 Å². The van der Waals surface area contributed by atoms with Crippen molar-refractivity contribution >= 4 is 28.7 Å². The number of amides is 1. The monoisotopic (exact) mass is 561 g/mol. The molecular weight excluding hydrogens is 534 g/mol. The maximum absolute atomic E-state index is 13.5. The van der Waals surface area contributed by atoms with Gasteiger partial charge in [-0.1, -0.05) is 11.6 Å². The predicted octanol–water partition coefficient (Wildman–Crippen LogP) is 3.72. The maximum atomic E-state index is 13.5. The summed E-state index contributed by atoms with van der Waals surface area (Å²) in [5.74, 6) is 0.136. The topological polar surface area (TPSA) is 137 Å². The number of nitrogens with one attached hydrogen (secondary N) is 1. The van der Waals surface area contributed by atoms with Gasteiger partial charge in [0.1, 0.15) is 0 Å². The lowest BCUT2D eigenvalue weighted by molar-refractivity contribution is 0.0510. The number of methoxy groups -OCH3 is 1. The normalized spacial score (nSPS) is 14.1. The highest BCUT2D eigenvalue weighted by Crippen LogP contribution is 2.35. The average Bonchev–Trinajstić information content (AvgIpc) is 3.33. The molecule has 5 aromatic rings. The van der Waals surface area contributed by atoms with Gasteiger partial charge in [0.05, 0.1) is 59.5 Å². The Morgan fingerprint density at radius 3 is 2.80 bits per heavy atom. The Morgan fingerprint density at radius 1 is 1.20 bits per heavy atom. The van der Waals surface area contributed by atoms with Crippen LogP contribution in [0.25, 0.3) is 28.0 Å². The fourth-order valence-corrected chi connectivity index (χ4v) is 4.94. The number of aliphatic hydroxyl groups excluding tert-OH is 1. The fraction of sp³-hybridized carbons (Fsp3) is 0.333. The molecule has 0 bridgehead atoms. The smallest absolute Gasteiger partial charge is 0.259 e. The minimum atomic E-state index is -0.667. The highest BCUT2D eigenvalue weighted by Gasteiger charge is 2.27. The number of carbonyl (C=O) groups excluding carboxylic acids is 1. The summed E-state index contributed by atoms with van der Waals surface area (Å²) in [6.07, 6.45) is 6.51. The first-order chi connectivity index (χ1) is 19.3. The molecule has 0 aliphatic heterocycles. The zero-order chi connectivity index (χ0) is 28.0. The molecule has 1 amide bonds. The van der Waals surface area contributed by atoms with Crippen molar-refractivity contribution in [1.29, 1.82) is 0 Å². The van der Waals surface area contributed by atoms with Gasteiger partial charge in [-0.3, -0.25) is 9.48 Å². The second-order valence-corrected chi connectivity index (χ2v) is 10.4. The lowest BCUT2D eigenvalue weighted by Crippen LogP contribution is -2.22. The molecule has 6 rings (SSSR count). The molecule has 0 spiro atoms. The molecule has 12 nitrogen and oxygen atoms in total. The molecule has 1 aromatic carbocycles. The van der Waals surface area contributed by atoms with Gasteiger partial charge in [-0.15, -0.1) is 10.2 Å². The van der Waals surface area contributed by atoms with E-state index < -0.39 is 6.10 Å². The number of aromatic nitrogens is 8. The van der Waals surface area contributed by atoms with Gasteiger partial charge >= 0.3 is 0 Å².